The molecule has 1 amide bonds. The van der Waals surface area contributed by atoms with Crippen LogP contribution in [0, 0.1) is 0 Å². The topological polar surface area (TPSA) is 71.0 Å². The van der Waals surface area contributed by atoms with E-state index in [4.69, 9.17) is 0 Å². The van der Waals surface area contributed by atoms with Crippen molar-refractivity contribution in [2.75, 3.05) is 16.8 Å². The number of amides is 1. The van der Waals surface area contributed by atoms with E-state index >= 15 is 0 Å². The number of halogens is 2. The van der Waals surface area contributed by atoms with Gasteiger partial charge in [0, 0.05) is 49.8 Å². The quantitative estimate of drug-likeness (QED) is 0.925. The molecule has 8 heteroatoms. The summed E-state index contributed by atoms with van der Waals surface area (Å²) in [4.78, 5) is 25.7. The second-order valence-electron chi connectivity index (χ2n) is 6.76. The number of rotatable bonds is 3. The number of anilines is 3. The van der Waals surface area contributed by atoms with Crippen LogP contribution < -0.4 is 10.2 Å². The lowest BCUT2D eigenvalue weighted by Crippen LogP contribution is -2.22. The Balaban J connectivity index is 1.77. The molecule has 2 aliphatic rings. The Hall–Kier alpha value is -2.64. The normalized spacial score (nSPS) is 17.5. The Morgan fingerprint density at radius 3 is 2.76 bits per heavy atom. The van der Waals surface area contributed by atoms with Gasteiger partial charge in [-0.3, -0.25) is 4.79 Å². The largest absolute Gasteiger partial charge is 0.311 e. The van der Waals surface area contributed by atoms with Crippen molar-refractivity contribution in [3.05, 3.63) is 35.8 Å². The third-order valence-corrected chi connectivity index (χ3v) is 4.70. The number of carbonyl (C=O) groups excluding carboxylic acids is 1. The minimum Gasteiger partial charge on any atom is -0.311 e. The molecule has 3 heterocycles. The lowest BCUT2D eigenvalue weighted by atomic mass is 10.0. The fourth-order valence-corrected chi connectivity index (χ4v) is 3.28. The predicted molar refractivity (Wildman–Crippen MR) is 88.1 cm³/mol. The van der Waals surface area contributed by atoms with Crippen molar-refractivity contribution in [3.63, 3.8) is 0 Å². The zero-order valence-electron chi connectivity index (χ0n) is 13.9. The number of hydrogen-bond acceptors (Lipinski definition) is 5. The molecular weight excluding hydrogens is 328 g/mol. The number of nitrogens with one attached hydrogen (secondary N) is 1. The van der Waals surface area contributed by atoms with Gasteiger partial charge in [-0.05, 0) is 18.9 Å². The molecule has 0 saturated heterocycles. The van der Waals surface area contributed by atoms with Gasteiger partial charge in [0.05, 0.1) is 5.69 Å². The van der Waals surface area contributed by atoms with Crippen molar-refractivity contribution in [2.24, 2.45) is 0 Å². The van der Waals surface area contributed by atoms with Crippen LogP contribution in [0.3, 0.4) is 0 Å². The van der Waals surface area contributed by atoms with Gasteiger partial charge in [-0.1, -0.05) is 0 Å². The molecule has 0 unspecified atom stereocenters. The summed E-state index contributed by atoms with van der Waals surface area (Å²) in [7, 11) is 0. The molecule has 6 nitrogen and oxygen atoms in total. The molecule has 4 rings (SSSR count). The zero-order chi connectivity index (χ0) is 17.8. The molecule has 2 aromatic rings. The van der Waals surface area contributed by atoms with Crippen LogP contribution in [0.5, 0.6) is 0 Å². The number of aromatic nitrogens is 3. The van der Waals surface area contributed by atoms with Crippen molar-refractivity contribution in [3.8, 4) is 0 Å². The van der Waals surface area contributed by atoms with Crippen molar-refractivity contribution in [1.82, 2.24) is 15.0 Å². The van der Waals surface area contributed by atoms with Gasteiger partial charge < -0.3 is 10.2 Å². The van der Waals surface area contributed by atoms with Crippen LogP contribution in [0.15, 0.2) is 24.5 Å². The van der Waals surface area contributed by atoms with E-state index in [1.54, 1.807) is 12.3 Å². The van der Waals surface area contributed by atoms with Gasteiger partial charge in [0.25, 0.3) is 5.92 Å². The van der Waals surface area contributed by atoms with Crippen molar-refractivity contribution in [2.45, 2.75) is 38.0 Å². The molecule has 1 N–H and O–H groups in total. The highest BCUT2D eigenvalue weighted by Gasteiger charge is 2.53. The summed E-state index contributed by atoms with van der Waals surface area (Å²) >= 11 is 0. The summed E-state index contributed by atoms with van der Waals surface area (Å²) in [6, 6.07) is 2.98. The fraction of sp³-hybridized carbons (Fsp3) is 0.412. The predicted octanol–water partition coefficient (Wildman–Crippen LogP) is 3.13. The number of carbonyl (C=O) groups is 1. The molecule has 1 saturated carbocycles. The average Bonchev–Trinajstić information content (AvgIpc) is 3.24. The molecule has 0 radical (unpaired) electrons. The number of alkyl halides is 2. The van der Waals surface area contributed by atoms with E-state index in [0.29, 0.717) is 12.4 Å². The summed E-state index contributed by atoms with van der Waals surface area (Å²) in [5.41, 5.74) is 1.55. The molecule has 25 heavy (non-hydrogen) atoms. The Labute approximate surface area is 143 Å². The third-order valence-electron chi connectivity index (χ3n) is 4.70. The summed E-state index contributed by atoms with van der Waals surface area (Å²) in [6.07, 6.45) is 5.14. The van der Waals surface area contributed by atoms with E-state index in [0.717, 1.165) is 31.0 Å². The van der Waals surface area contributed by atoms with Crippen LogP contribution >= 0.6 is 0 Å². The van der Waals surface area contributed by atoms with E-state index in [1.807, 2.05) is 4.90 Å². The van der Waals surface area contributed by atoms with Crippen LogP contribution in [0.2, 0.25) is 0 Å². The van der Waals surface area contributed by atoms with E-state index in [-0.39, 0.29) is 23.0 Å². The van der Waals surface area contributed by atoms with Gasteiger partial charge in [-0.15, -0.1) is 0 Å². The Kier molecular flexibility index (Phi) is 3.28. The molecular formula is C17H17F2N5O. The first kappa shape index (κ1) is 15.9. The van der Waals surface area contributed by atoms with Crippen LogP contribution in [-0.4, -0.2) is 27.4 Å². The van der Waals surface area contributed by atoms with Crippen molar-refractivity contribution in [1.29, 1.82) is 0 Å². The van der Waals surface area contributed by atoms with Crippen LogP contribution in [-0.2, 0) is 16.1 Å². The lowest BCUT2D eigenvalue weighted by Gasteiger charge is -2.19. The van der Waals surface area contributed by atoms with Crippen LogP contribution in [0.1, 0.15) is 37.9 Å². The van der Waals surface area contributed by atoms with E-state index in [9.17, 15) is 13.6 Å². The summed E-state index contributed by atoms with van der Waals surface area (Å²) in [5.74, 6) is -2.59. The number of hydrogen-bond donors (Lipinski definition) is 1. The minimum atomic E-state index is -3.03. The molecule has 1 fully saturated rings. The maximum absolute atomic E-state index is 13.6. The highest BCUT2D eigenvalue weighted by atomic mass is 19.3. The Bertz CT molecular complexity index is 860. The standard InChI is InChI=1S/C17H17F2N5O/c1-10(25)22-14-7-12-11(8-21-14)17(4-5-17)9-24(12)15-20-6-3-13(23-15)16(2,18)19/h3,6-8H,4-5,9H2,1-2H3,(H,21,22,25). The Morgan fingerprint density at radius 2 is 2.12 bits per heavy atom. The van der Waals surface area contributed by atoms with E-state index < -0.39 is 5.92 Å². The van der Waals surface area contributed by atoms with Gasteiger partial charge in [-0.2, -0.15) is 8.78 Å². The van der Waals surface area contributed by atoms with E-state index in [2.05, 4.69) is 20.3 Å². The first-order valence-electron chi connectivity index (χ1n) is 8.06. The molecule has 1 spiro atoms. The summed E-state index contributed by atoms with van der Waals surface area (Å²) < 4.78 is 27.2. The maximum atomic E-state index is 13.6. The molecule has 1 aliphatic carbocycles. The third kappa shape index (κ3) is 2.71. The molecule has 2 aromatic heterocycles. The second-order valence-corrected chi connectivity index (χ2v) is 6.76. The Morgan fingerprint density at radius 1 is 1.36 bits per heavy atom. The first-order chi connectivity index (χ1) is 11.8. The second kappa shape index (κ2) is 5.18. The highest BCUT2D eigenvalue weighted by molar-refractivity contribution is 5.88. The summed E-state index contributed by atoms with van der Waals surface area (Å²) in [6.45, 7) is 2.86. The number of fused-ring (bicyclic) bond motifs is 2. The smallest absolute Gasteiger partial charge is 0.287 e. The highest BCUT2D eigenvalue weighted by Crippen LogP contribution is 2.57. The fourth-order valence-electron chi connectivity index (χ4n) is 3.28. The van der Waals surface area contributed by atoms with Gasteiger partial charge in [0.2, 0.25) is 11.9 Å². The number of nitrogens with zero attached hydrogens (tertiary/aromatic N) is 4. The molecule has 130 valence electrons. The molecule has 1 aliphatic heterocycles. The van der Waals surface area contributed by atoms with Crippen LogP contribution in [0.4, 0.5) is 26.2 Å². The van der Waals surface area contributed by atoms with Crippen LogP contribution in [0.25, 0.3) is 0 Å². The minimum absolute atomic E-state index is 0.00875. The summed E-state index contributed by atoms with van der Waals surface area (Å²) in [5, 5.41) is 2.65. The maximum Gasteiger partial charge on any atom is 0.287 e. The molecule has 0 bridgehead atoms. The van der Waals surface area contributed by atoms with Crippen molar-refractivity contribution < 1.29 is 13.6 Å². The molecule has 0 aromatic carbocycles. The van der Waals surface area contributed by atoms with Gasteiger partial charge in [0.15, 0.2) is 0 Å². The number of pyridine rings is 1. The first-order valence-corrected chi connectivity index (χ1v) is 8.06. The average molecular weight is 345 g/mol. The zero-order valence-corrected chi connectivity index (χ0v) is 13.9. The van der Waals surface area contributed by atoms with Gasteiger partial charge >= 0.3 is 0 Å². The SMILES string of the molecule is CC(=O)Nc1cc2c(cn1)C1(CC1)CN2c1nccc(C(C)(F)F)n1. The monoisotopic (exact) mass is 345 g/mol. The van der Waals surface area contributed by atoms with Gasteiger partial charge in [-0.25, -0.2) is 15.0 Å². The molecule has 0 atom stereocenters. The lowest BCUT2D eigenvalue weighted by molar-refractivity contribution is -0.114. The van der Waals surface area contributed by atoms with E-state index in [1.165, 1.54) is 19.2 Å². The van der Waals surface area contributed by atoms with Crippen molar-refractivity contribution >= 4 is 23.4 Å². The van der Waals surface area contributed by atoms with Gasteiger partial charge in [0.1, 0.15) is 11.5 Å².